The second-order valence-corrected chi connectivity index (χ2v) is 7.61. The molecule has 3 rings (SSSR count). The van der Waals surface area contributed by atoms with E-state index in [0.29, 0.717) is 34.2 Å². The first kappa shape index (κ1) is 22.4. The van der Waals surface area contributed by atoms with E-state index in [1.54, 1.807) is 36.4 Å². The van der Waals surface area contributed by atoms with Gasteiger partial charge in [-0.05, 0) is 71.1 Å². The molecule has 7 nitrogen and oxygen atoms in total. The fraction of sp³-hybridized carbons (Fsp3) is 0.130. The van der Waals surface area contributed by atoms with E-state index in [1.807, 2.05) is 30.3 Å². The summed E-state index contributed by atoms with van der Waals surface area (Å²) in [5, 5.41) is 5.58. The standard InChI is InChI=1S/C23H21IN2O5/c1-29-19-9-4-3-8-18(19)26-22(27)14-31-20-11-10-15(12-21(20)30-2)23(28)25-17-7-5-6-16(24)13-17/h3-13H,14H2,1-2H3,(H,25,28)(H,26,27). The van der Waals surface area contributed by atoms with Crippen molar-refractivity contribution in [2.24, 2.45) is 0 Å². The van der Waals surface area contributed by atoms with Crippen LogP contribution in [-0.4, -0.2) is 32.6 Å². The molecule has 0 aliphatic rings. The van der Waals surface area contributed by atoms with Crippen LogP contribution in [0.15, 0.2) is 66.7 Å². The van der Waals surface area contributed by atoms with Gasteiger partial charge in [0, 0.05) is 14.8 Å². The van der Waals surface area contributed by atoms with Crippen molar-refractivity contribution in [2.45, 2.75) is 0 Å². The molecule has 160 valence electrons. The third-order valence-corrected chi connectivity index (χ3v) is 4.92. The summed E-state index contributed by atoms with van der Waals surface area (Å²) in [6, 6.07) is 19.4. The van der Waals surface area contributed by atoms with E-state index >= 15 is 0 Å². The summed E-state index contributed by atoms with van der Waals surface area (Å²) in [4.78, 5) is 24.8. The zero-order chi connectivity index (χ0) is 22.2. The highest BCUT2D eigenvalue weighted by Crippen LogP contribution is 2.29. The number of anilines is 2. The van der Waals surface area contributed by atoms with Crippen molar-refractivity contribution in [3.63, 3.8) is 0 Å². The highest BCUT2D eigenvalue weighted by atomic mass is 127. The van der Waals surface area contributed by atoms with E-state index in [2.05, 4.69) is 33.2 Å². The normalized spacial score (nSPS) is 10.2. The highest BCUT2D eigenvalue weighted by Gasteiger charge is 2.14. The quantitative estimate of drug-likeness (QED) is 0.415. The molecule has 0 bridgehead atoms. The third-order valence-electron chi connectivity index (χ3n) is 4.25. The van der Waals surface area contributed by atoms with Gasteiger partial charge in [-0.1, -0.05) is 18.2 Å². The van der Waals surface area contributed by atoms with Crippen molar-refractivity contribution in [3.8, 4) is 17.2 Å². The largest absolute Gasteiger partial charge is 0.495 e. The molecule has 0 unspecified atom stereocenters. The maximum atomic E-state index is 12.5. The summed E-state index contributed by atoms with van der Waals surface area (Å²) in [6.45, 7) is -0.234. The molecular weight excluding hydrogens is 511 g/mol. The lowest BCUT2D eigenvalue weighted by Crippen LogP contribution is -2.20. The maximum absolute atomic E-state index is 12.5. The van der Waals surface area contributed by atoms with E-state index in [9.17, 15) is 9.59 Å². The molecule has 2 amide bonds. The van der Waals surface area contributed by atoms with E-state index in [-0.39, 0.29) is 18.4 Å². The molecule has 0 aliphatic carbocycles. The van der Waals surface area contributed by atoms with Gasteiger partial charge in [-0.3, -0.25) is 9.59 Å². The zero-order valence-electron chi connectivity index (χ0n) is 17.0. The van der Waals surface area contributed by atoms with Gasteiger partial charge in [0.15, 0.2) is 18.1 Å². The number of ether oxygens (including phenoxy) is 3. The Morgan fingerprint density at radius 2 is 1.61 bits per heavy atom. The van der Waals surface area contributed by atoms with Crippen molar-refractivity contribution in [3.05, 3.63) is 75.9 Å². The average Bonchev–Trinajstić information content (AvgIpc) is 2.78. The van der Waals surface area contributed by atoms with Gasteiger partial charge >= 0.3 is 0 Å². The molecule has 0 fully saturated rings. The van der Waals surface area contributed by atoms with Crippen LogP contribution in [0.4, 0.5) is 11.4 Å². The summed E-state index contributed by atoms with van der Waals surface area (Å²) in [5.41, 5.74) is 1.65. The van der Waals surface area contributed by atoms with Crippen LogP contribution in [0.2, 0.25) is 0 Å². The number of methoxy groups -OCH3 is 2. The molecule has 8 heteroatoms. The third kappa shape index (κ3) is 6.11. The van der Waals surface area contributed by atoms with Gasteiger partial charge in [0.25, 0.3) is 11.8 Å². The van der Waals surface area contributed by atoms with Gasteiger partial charge in [-0.25, -0.2) is 0 Å². The van der Waals surface area contributed by atoms with Gasteiger partial charge < -0.3 is 24.8 Å². The number of hydrogen-bond donors (Lipinski definition) is 2. The average molecular weight is 532 g/mol. The molecule has 3 aromatic carbocycles. The number of para-hydroxylation sites is 2. The van der Waals surface area contributed by atoms with Crippen LogP contribution >= 0.6 is 22.6 Å². The van der Waals surface area contributed by atoms with Crippen molar-refractivity contribution in [1.29, 1.82) is 0 Å². The van der Waals surface area contributed by atoms with Gasteiger partial charge in [-0.2, -0.15) is 0 Å². The first-order valence-electron chi connectivity index (χ1n) is 9.31. The summed E-state index contributed by atoms with van der Waals surface area (Å²) in [6.07, 6.45) is 0. The first-order chi connectivity index (χ1) is 15.0. The Morgan fingerprint density at radius 3 is 2.35 bits per heavy atom. The van der Waals surface area contributed by atoms with Gasteiger partial charge in [-0.15, -0.1) is 0 Å². The van der Waals surface area contributed by atoms with E-state index in [4.69, 9.17) is 14.2 Å². The van der Waals surface area contributed by atoms with Crippen LogP contribution < -0.4 is 24.8 Å². The van der Waals surface area contributed by atoms with Gasteiger partial charge in [0.05, 0.1) is 19.9 Å². The highest BCUT2D eigenvalue weighted by molar-refractivity contribution is 14.1. The van der Waals surface area contributed by atoms with Crippen LogP contribution in [0.3, 0.4) is 0 Å². The summed E-state index contributed by atoms with van der Waals surface area (Å²) < 4.78 is 17.2. The fourth-order valence-corrected chi connectivity index (χ4v) is 3.32. The molecule has 0 heterocycles. The van der Waals surface area contributed by atoms with Crippen LogP contribution in [0.5, 0.6) is 17.2 Å². The van der Waals surface area contributed by atoms with E-state index in [1.165, 1.54) is 14.2 Å². The maximum Gasteiger partial charge on any atom is 0.262 e. The number of amides is 2. The minimum Gasteiger partial charge on any atom is -0.495 e. The predicted octanol–water partition coefficient (Wildman–Crippen LogP) is 4.58. The lowest BCUT2D eigenvalue weighted by atomic mass is 10.2. The second kappa shape index (κ2) is 10.7. The first-order valence-corrected chi connectivity index (χ1v) is 10.4. The van der Waals surface area contributed by atoms with Crippen LogP contribution in [0, 0.1) is 3.57 Å². The summed E-state index contributed by atoms with van der Waals surface area (Å²) in [5.74, 6) is 0.619. The minimum atomic E-state index is -0.355. The lowest BCUT2D eigenvalue weighted by Gasteiger charge is -2.13. The monoisotopic (exact) mass is 532 g/mol. The van der Waals surface area contributed by atoms with Crippen molar-refractivity contribution in [1.82, 2.24) is 0 Å². The molecule has 0 saturated heterocycles. The molecule has 2 N–H and O–H groups in total. The number of halogens is 1. The number of nitrogens with one attached hydrogen (secondary N) is 2. The molecule has 0 aromatic heterocycles. The SMILES string of the molecule is COc1ccccc1NC(=O)COc1ccc(C(=O)Nc2cccc(I)c2)cc1OC. The second-order valence-electron chi connectivity index (χ2n) is 6.37. The topological polar surface area (TPSA) is 85.9 Å². The van der Waals surface area contributed by atoms with E-state index < -0.39 is 0 Å². The smallest absolute Gasteiger partial charge is 0.262 e. The van der Waals surface area contributed by atoms with Crippen molar-refractivity contribution in [2.75, 3.05) is 31.5 Å². The summed E-state index contributed by atoms with van der Waals surface area (Å²) >= 11 is 2.18. The zero-order valence-corrected chi connectivity index (χ0v) is 19.1. The van der Waals surface area contributed by atoms with Crippen LogP contribution in [-0.2, 0) is 4.79 Å². The number of benzene rings is 3. The molecule has 0 atom stereocenters. The van der Waals surface area contributed by atoms with Crippen molar-refractivity contribution < 1.29 is 23.8 Å². The molecule has 3 aromatic rings. The Labute approximate surface area is 193 Å². The lowest BCUT2D eigenvalue weighted by molar-refractivity contribution is -0.118. The fourth-order valence-electron chi connectivity index (χ4n) is 2.78. The van der Waals surface area contributed by atoms with Crippen LogP contribution in [0.25, 0.3) is 0 Å². The van der Waals surface area contributed by atoms with Crippen molar-refractivity contribution >= 4 is 45.8 Å². The molecule has 0 saturated carbocycles. The van der Waals surface area contributed by atoms with Gasteiger partial charge in [0.2, 0.25) is 0 Å². The summed E-state index contributed by atoms with van der Waals surface area (Å²) in [7, 11) is 3.00. The Bertz CT molecular complexity index is 1090. The number of carbonyl (C=O) groups excluding carboxylic acids is 2. The molecule has 31 heavy (non-hydrogen) atoms. The molecule has 0 spiro atoms. The minimum absolute atomic E-state index is 0.234. The van der Waals surface area contributed by atoms with Gasteiger partial charge in [0.1, 0.15) is 5.75 Å². The number of carbonyl (C=O) groups is 2. The molecule has 0 radical (unpaired) electrons. The van der Waals surface area contributed by atoms with E-state index in [0.717, 1.165) is 3.57 Å². The Balaban J connectivity index is 1.64. The Morgan fingerprint density at radius 1 is 0.839 bits per heavy atom. The predicted molar refractivity (Wildman–Crippen MR) is 127 cm³/mol. The Hall–Kier alpha value is -3.27. The molecule has 0 aliphatic heterocycles. The number of rotatable bonds is 8. The Kier molecular flexibility index (Phi) is 7.71. The molecular formula is C23H21IN2O5. The number of hydrogen-bond acceptors (Lipinski definition) is 5. The van der Waals surface area contributed by atoms with Crippen LogP contribution in [0.1, 0.15) is 10.4 Å².